The molecule has 2 aromatic rings. The summed E-state index contributed by atoms with van der Waals surface area (Å²) in [7, 11) is 0. The first-order valence-electron chi connectivity index (χ1n) is 6.60. The van der Waals surface area contributed by atoms with Crippen LogP contribution in [0.25, 0.3) is 0 Å². The van der Waals surface area contributed by atoms with Crippen LogP contribution in [0.5, 0.6) is 5.75 Å². The van der Waals surface area contributed by atoms with Crippen LogP contribution in [-0.2, 0) is 6.42 Å². The molecule has 0 saturated heterocycles. The molecule has 0 spiro atoms. The third-order valence-electron chi connectivity index (χ3n) is 3.54. The lowest BCUT2D eigenvalue weighted by Gasteiger charge is -2.29. The SMILES string of the molecule is FC(F)Oc1cccc2c1[C@H](c1ccccc1)NCC2. The van der Waals surface area contributed by atoms with Crippen molar-refractivity contribution in [1.82, 2.24) is 5.32 Å². The number of fused-ring (bicyclic) bond motifs is 1. The van der Waals surface area contributed by atoms with Gasteiger partial charge in [-0.25, -0.2) is 0 Å². The summed E-state index contributed by atoms with van der Waals surface area (Å²) >= 11 is 0. The number of benzene rings is 2. The van der Waals surface area contributed by atoms with E-state index < -0.39 is 6.61 Å². The number of ether oxygens (including phenoxy) is 1. The van der Waals surface area contributed by atoms with E-state index >= 15 is 0 Å². The number of hydrogen-bond acceptors (Lipinski definition) is 2. The van der Waals surface area contributed by atoms with Crippen molar-refractivity contribution in [1.29, 1.82) is 0 Å². The minimum absolute atomic E-state index is 0.102. The van der Waals surface area contributed by atoms with Gasteiger partial charge in [0.2, 0.25) is 0 Å². The highest BCUT2D eigenvalue weighted by molar-refractivity contribution is 5.48. The van der Waals surface area contributed by atoms with E-state index in [0.29, 0.717) is 0 Å². The molecule has 0 radical (unpaired) electrons. The highest BCUT2D eigenvalue weighted by atomic mass is 19.3. The number of alkyl halides is 2. The predicted octanol–water partition coefficient (Wildman–Crippen LogP) is 3.52. The van der Waals surface area contributed by atoms with Crippen molar-refractivity contribution in [3.05, 3.63) is 65.2 Å². The van der Waals surface area contributed by atoms with E-state index in [1.54, 1.807) is 12.1 Å². The molecule has 3 rings (SSSR count). The van der Waals surface area contributed by atoms with Crippen LogP contribution in [0.3, 0.4) is 0 Å². The second kappa shape index (κ2) is 5.59. The van der Waals surface area contributed by atoms with Gasteiger partial charge in [0.15, 0.2) is 0 Å². The Balaban J connectivity index is 2.06. The van der Waals surface area contributed by atoms with E-state index in [1.807, 2.05) is 36.4 Å². The van der Waals surface area contributed by atoms with Gasteiger partial charge >= 0.3 is 6.61 Å². The summed E-state index contributed by atoms with van der Waals surface area (Å²) in [5.74, 6) is 0.263. The molecule has 0 bridgehead atoms. The van der Waals surface area contributed by atoms with E-state index in [-0.39, 0.29) is 11.8 Å². The average Bonchev–Trinajstić information content (AvgIpc) is 2.47. The lowest BCUT2D eigenvalue weighted by atomic mass is 9.89. The summed E-state index contributed by atoms with van der Waals surface area (Å²) in [5, 5.41) is 3.38. The fourth-order valence-corrected chi connectivity index (χ4v) is 2.72. The van der Waals surface area contributed by atoms with Crippen molar-refractivity contribution < 1.29 is 13.5 Å². The first kappa shape index (κ1) is 13.1. The molecule has 1 N–H and O–H groups in total. The minimum atomic E-state index is -2.81. The molecule has 0 saturated carbocycles. The monoisotopic (exact) mass is 275 g/mol. The van der Waals surface area contributed by atoms with Crippen molar-refractivity contribution in [3.8, 4) is 5.75 Å². The average molecular weight is 275 g/mol. The fraction of sp³-hybridized carbons (Fsp3) is 0.250. The highest BCUT2D eigenvalue weighted by Crippen LogP contribution is 2.36. The zero-order valence-electron chi connectivity index (χ0n) is 10.9. The second-order valence-corrected chi connectivity index (χ2v) is 4.76. The van der Waals surface area contributed by atoms with E-state index in [1.165, 1.54) is 0 Å². The Morgan fingerprint density at radius 1 is 1.05 bits per heavy atom. The van der Waals surface area contributed by atoms with E-state index in [4.69, 9.17) is 4.74 Å². The zero-order valence-corrected chi connectivity index (χ0v) is 10.9. The van der Waals surface area contributed by atoms with Crippen molar-refractivity contribution >= 4 is 0 Å². The molecule has 0 fully saturated rings. The summed E-state index contributed by atoms with van der Waals surface area (Å²) in [6, 6.07) is 15.1. The maximum Gasteiger partial charge on any atom is 0.387 e. The molecule has 0 unspecified atom stereocenters. The third-order valence-corrected chi connectivity index (χ3v) is 3.54. The highest BCUT2D eigenvalue weighted by Gasteiger charge is 2.25. The Labute approximate surface area is 116 Å². The second-order valence-electron chi connectivity index (χ2n) is 4.76. The molecular formula is C16H15F2NO. The minimum Gasteiger partial charge on any atom is -0.434 e. The normalized spacial score (nSPS) is 17.9. The molecule has 1 heterocycles. The molecule has 0 amide bonds. The molecule has 20 heavy (non-hydrogen) atoms. The van der Waals surface area contributed by atoms with Crippen LogP contribution in [-0.4, -0.2) is 13.2 Å². The molecule has 1 aliphatic rings. The molecule has 2 aromatic carbocycles. The molecular weight excluding hydrogens is 260 g/mol. The van der Waals surface area contributed by atoms with Gasteiger partial charge in [0.1, 0.15) is 5.75 Å². The lowest BCUT2D eigenvalue weighted by Crippen LogP contribution is -2.31. The van der Waals surface area contributed by atoms with Gasteiger partial charge in [-0.1, -0.05) is 42.5 Å². The standard InChI is InChI=1S/C16H15F2NO/c17-16(18)20-13-8-4-7-11-9-10-19-15(14(11)13)12-5-2-1-3-6-12/h1-8,15-16,19H,9-10H2/t15-/m0/s1. The van der Waals surface area contributed by atoms with Crippen molar-refractivity contribution in [2.24, 2.45) is 0 Å². The Hall–Kier alpha value is -1.94. The Kier molecular flexibility index (Phi) is 3.65. The molecule has 1 atom stereocenters. The maximum atomic E-state index is 12.6. The number of halogens is 2. The Morgan fingerprint density at radius 3 is 2.60 bits per heavy atom. The third kappa shape index (κ3) is 2.51. The smallest absolute Gasteiger partial charge is 0.387 e. The van der Waals surface area contributed by atoms with Crippen LogP contribution < -0.4 is 10.1 Å². The molecule has 1 aliphatic heterocycles. The molecule has 104 valence electrons. The lowest BCUT2D eigenvalue weighted by molar-refractivity contribution is -0.0507. The number of hydrogen-bond donors (Lipinski definition) is 1. The zero-order chi connectivity index (χ0) is 13.9. The van der Waals surface area contributed by atoms with Gasteiger partial charge in [0, 0.05) is 12.1 Å². The summed E-state index contributed by atoms with van der Waals surface area (Å²) in [5.41, 5.74) is 2.94. The van der Waals surface area contributed by atoms with Crippen LogP contribution in [0.4, 0.5) is 8.78 Å². The van der Waals surface area contributed by atoms with Crippen molar-refractivity contribution in [3.63, 3.8) is 0 Å². The van der Waals surface area contributed by atoms with Gasteiger partial charge < -0.3 is 10.1 Å². The number of nitrogens with one attached hydrogen (secondary N) is 1. The number of rotatable bonds is 3. The molecule has 4 heteroatoms. The van der Waals surface area contributed by atoms with Crippen LogP contribution in [0.15, 0.2) is 48.5 Å². The van der Waals surface area contributed by atoms with Gasteiger partial charge in [-0.15, -0.1) is 0 Å². The van der Waals surface area contributed by atoms with Crippen LogP contribution in [0.1, 0.15) is 22.7 Å². The quantitative estimate of drug-likeness (QED) is 0.925. The predicted molar refractivity (Wildman–Crippen MR) is 73.1 cm³/mol. The van der Waals surface area contributed by atoms with Gasteiger partial charge in [-0.2, -0.15) is 8.78 Å². The van der Waals surface area contributed by atoms with Crippen LogP contribution in [0.2, 0.25) is 0 Å². The van der Waals surface area contributed by atoms with E-state index in [9.17, 15) is 8.78 Å². The van der Waals surface area contributed by atoms with E-state index in [0.717, 1.165) is 29.7 Å². The summed E-state index contributed by atoms with van der Waals surface area (Å²) < 4.78 is 29.8. The fourth-order valence-electron chi connectivity index (χ4n) is 2.72. The largest absolute Gasteiger partial charge is 0.434 e. The van der Waals surface area contributed by atoms with Crippen molar-refractivity contribution in [2.45, 2.75) is 19.1 Å². The van der Waals surface area contributed by atoms with Gasteiger partial charge in [0.05, 0.1) is 6.04 Å². The summed E-state index contributed by atoms with van der Waals surface area (Å²) in [4.78, 5) is 0. The first-order chi connectivity index (χ1) is 9.75. The molecule has 0 aromatic heterocycles. The van der Waals surface area contributed by atoms with Gasteiger partial charge in [-0.3, -0.25) is 0 Å². The van der Waals surface area contributed by atoms with Gasteiger partial charge in [0.25, 0.3) is 0 Å². The van der Waals surface area contributed by atoms with Crippen LogP contribution in [0, 0.1) is 0 Å². The topological polar surface area (TPSA) is 21.3 Å². The van der Waals surface area contributed by atoms with E-state index in [2.05, 4.69) is 5.32 Å². The molecule has 2 nitrogen and oxygen atoms in total. The van der Waals surface area contributed by atoms with Crippen LogP contribution >= 0.6 is 0 Å². The maximum absolute atomic E-state index is 12.6. The first-order valence-corrected chi connectivity index (χ1v) is 6.60. The Morgan fingerprint density at radius 2 is 1.85 bits per heavy atom. The summed E-state index contributed by atoms with van der Waals surface area (Å²) in [6.07, 6.45) is 0.819. The van der Waals surface area contributed by atoms with Crippen molar-refractivity contribution in [2.75, 3.05) is 6.54 Å². The Bertz CT molecular complexity index is 586. The molecule has 0 aliphatic carbocycles. The summed E-state index contributed by atoms with van der Waals surface area (Å²) in [6.45, 7) is -1.98. The van der Waals surface area contributed by atoms with Gasteiger partial charge in [-0.05, 0) is 23.6 Å².